The van der Waals surface area contributed by atoms with Crippen molar-refractivity contribution in [1.29, 1.82) is 0 Å². The van der Waals surface area contributed by atoms with Gasteiger partial charge in [-0.25, -0.2) is 12.7 Å². The van der Waals surface area contributed by atoms with Crippen LogP contribution in [0.5, 0.6) is 0 Å². The maximum Gasteiger partial charge on any atom is 0.269 e. The standard InChI is InChI=1S/C28H35N3O5S/c1-3-24(27(33)29-22-12-4-5-13-22)30(19-21-11-8-10-20(2)18-21)26(32)16-9-17-31-28(34)23-14-6-7-15-25(23)37(31,35)36/h6-8,10-11,14-15,18,22,24H,3-5,9,12-13,16-17,19H2,1-2H3,(H,29,33)/t24-/m0/s1. The molecular formula is C28H35N3O5S. The van der Waals surface area contributed by atoms with Crippen LogP contribution in [0.3, 0.4) is 0 Å². The van der Waals surface area contributed by atoms with Crippen LogP contribution < -0.4 is 5.32 Å². The van der Waals surface area contributed by atoms with E-state index in [0.717, 1.165) is 41.1 Å². The lowest BCUT2D eigenvalue weighted by atomic mass is 10.1. The van der Waals surface area contributed by atoms with Crippen molar-refractivity contribution < 1.29 is 22.8 Å². The number of carbonyl (C=O) groups is 3. The fourth-order valence-electron chi connectivity index (χ4n) is 5.26. The zero-order chi connectivity index (χ0) is 26.6. The Morgan fingerprint density at radius 2 is 1.84 bits per heavy atom. The van der Waals surface area contributed by atoms with E-state index in [9.17, 15) is 22.8 Å². The van der Waals surface area contributed by atoms with E-state index in [0.29, 0.717) is 6.42 Å². The summed E-state index contributed by atoms with van der Waals surface area (Å²) in [5, 5.41) is 3.12. The molecule has 9 heteroatoms. The average molecular weight is 526 g/mol. The summed E-state index contributed by atoms with van der Waals surface area (Å²) in [6, 6.07) is 13.5. The number of fused-ring (bicyclic) bond motifs is 1. The van der Waals surface area contributed by atoms with Gasteiger partial charge >= 0.3 is 0 Å². The number of hydrogen-bond acceptors (Lipinski definition) is 5. The van der Waals surface area contributed by atoms with Gasteiger partial charge in [0.25, 0.3) is 15.9 Å². The molecule has 198 valence electrons. The predicted molar refractivity (Wildman–Crippen MR) is 140 cm³/mol. The Morgan fingerprint density at radius 1 is 1.11 bits per heavy atom. The summed E-state index contributed by atoms with van der Waals surface area (Å²) in [5.41, 5.74) is 2.14. The van der Waals surface area contributed by atoms with Gasteiger partial charge < -0.3 is 10.2 Å². The molecule has 0 unspecified atom stereocenters. The first-order valence-corrected chi connectivity index (χ1v) is 14.5. The number of nitrogens with zero attached hydrogens (tertiary/aromatic N) is 2. The molecule has 1 N–H and O–H groups in total. The topological polar surface area (TPSA) is 104 Å². The molecule has 0 radical (unpaired) electrons. The molecule has 2 aliphatic rings. The number of aryl methyl sites for hydroxylation is 1. The third kappa shape index (κ3) is 5.87. The monoisotopic (exact) mass is 525 g/mol. The molecule has 1 aliphatic carbocycles. The Labute approximate surface area is 219 Å². The van der Waals surface area contributed by atoms with Crippen molar-refractivity contribution in [3.63, 3.8) is 0 Å². The van der Waals surface area contributed by atoms with Crippen LogP contribution in [0.1, 0.15) is 73.4 Å². The van der Waals surface area contributed by atoms with Gasteiger partial charge in [0, 0.05) is 25.6 Å². The van der Waals surface area contributed by atoms with E-state index in [1.165, 1.54) is 12.1 Å². The van der Waals surface area contributed by atoms with Gasteiger partial charge in [-0.05, 0) is 50.3 Å². The Morgan fingerprint density at radius 3 is 2.51 bits per heavy atom. The summed E-state index contributed by atoms with van der Waals surface area (Å²) < 4.78 is 26.5. The number of hydrogen-bond donors (Lipinski definition) is 1. The van der Waals surface area contributed by atoms with Gasteiger partial charge in [-0.1, -0.05) is 61.7 Å². The first-order chi connectivity index (χ1) is 17.7. The van der Waals surface area contributed by atoms with Crippen LogP contribution in [0.25, 0.3) is 0 Å². The third-order valence-electron chi connectivity index (χ3n) is 7.19. The van der Waals surface area contributed by atoms with Gasteiger partial charge in [-0.3, -0.25) is 14.4 Å². The Hall–Kier alpha value is -3.20. The minimum atomic E-state index is -3.92. The first kappa shape index (κ1) is 26.9. The van der Waals surface area contributed by atoms with Crippen LogP contribution in [0.2, 0.25) is 0 Å². The Bertz CT molecular complexity index is 1270. The maximum atomic E-state index is 13.5. The van der Waals surface area contributed by atoms with Crippen LogP contribution in [0.4, 0.5) is 0 Å². The van der Waals surface area contributed by atoms with Crippen LogP contribution in [-0.4, -0.2) is 54.0 Å². The van der Waals surface area contributed by atoms with Gasteiger partial charge in [0.05, 0.1) is 5.56 Å². The second kappa shape index (κ2) is 11.5. The molecule has 2 aromatic rings. The molecule has 0 bridgehead atoms. The second-order valence-corrected chi connectivity index (χ2v) is 11.7. The number of carbonyl (C=O) groups excluding carboxylic acids is 3. The molecular weight excluding hydrogens is 490 g/mol. The van der Waals surface area contributed by atoms with Crippen molar-refractivity contribution in [3.05, 3.63) is 65.2 Å². The molecule has 37 heavy (non-hydrogen) atoms. The summed E-state index contributed by atoms with van der Waals surface area (Å²) in [4.78, 5) is 41.0. The van der Waals surface area contributed by atoms with E-state index < -0.39 is 22.0 Å². The van der Waals surface area contributed by atoms with E-state index >= 15 is 0 Å². The zero-order valence-electron chi connectivity index (χ0n) is 21.5. The second-order valence-electron chi connectivity index (χ2n) is 9.91. The molecule has 0 aromatic heterocycles. The van der Waals surface area contributed by atoms with Crippen molar-refractivity contribution in [2.45, 2.75) is 82.3 Å². The number of nitrogens with one attached hydrogen (secondary N) is 1. The van der Waals surface area contributed by atoms with E-state index in [1.807, 2.05) is 38.1 Å². The van der Waals surface area contributed by atoms with Crippen LogP contribution in [-0.2, 0) is 26.2 Å². The number of benzene rings is 2. The predicted octanol–water partition coefficient (Wildman–Crippen LogP) is 3.79. The quantitative estimate of drug-likeness (QED) is 0.508. The summed E-state index contributed by atoms with van der Waals surface area (Å²) in [7, 11) is -3.92. The van der Waals surface area contributed by atoms with E-state index in [2.05, 4.69) is 5.32 Å². The lowest BCUT2D eigenvalue weighted by Crippen LogP contribution is -2.51. The van der Waals surface area contributed by atoms with E-state index in [-0.39, 0.29) is 54.2 Å². The molecule has 1 atom stereocenters. The van der Waals surface area contributed by atoms with Gasteiger partial charge in [-0.2, -0.15) is 0 Å². The van der Waals surface area contributed by atoms with Gasteiger partial charge in [0.2, 0.25) is 11.8 Å². The molecule has 1 fully saturated rings. The van der Waals surface area contributed by atoms with Gasteiger partial charge in [0.1, 0.15) is 10.9 Å². The highest BCUT2D eigenvalue weighted by Gasteiger charge is 2.40. The third-order valence-corrected chi connectivity index (χ3v) is 9.03. The minimum Gasteiger partial charge on any atom is -0.352 e. The molecule has 2 aromatic carbocycles. The zero-order valence-corrected chi connectivity index (χ0v) is 22.3. The maximum absolute atomic E-state index is 13.5. The number of amides is 3. The molecule has 8 nitrogen and oxygen atoms in total. The van der Waals surface area contributed by atoms with Crippen molar-refractivity contribution in [2.24, 2.45) is 0 Å². The highest BCUT2D eigenvalue weighted by Crippen LogP contribution is 2.30. The van der Waals surface area contributed by atoms with Gasteiger partial charge in [0.15, 0.2) is 0 Å². The fourth-order valence-corrected chi connectivity index (χ4v) is 6.87. The van der Waals surface area contributed by atoms with Gasteiger partial charge in [-0.15, -0.1) is 0 Å². The van der Waals surface area contributed by atoms with Crippen molar-refractivity contribution in [2.75, 3.05) is 6.54 Å². The lowest BCUT2D eigenvalue weighted by Gasteiger charge is -2.32. The molecule has 3 amide bonds. The smallest absolute Gasteiger partial charge is 0.269 e. The highest BCUT2D eigenvalue weighted by molar-refractivity contribution is 7.90. The summed E-state index contributed by atoms with van der Waals surface area (Å²) in [5.74, 6) is -0.957. The first-order valence-electron chi connectivity index (χ1n) is 13.0. The number of rotatable bonds is 10. The minimum absolute atomic E-state index is 0.00188. The SMILES string of the molecule is CC[C@@H](C(=O)NC1CCCC1)N(Cc1cccc(C)c1)C(=O)CCCN1C(=O)c2ccccc2S1(=O)=O. The highest BCUT2D eigenvalue weighted by atomic mass is 32.2. The summed E-state index contributed by atoms with van der Waals surface area (Å²) in [6.45, 7) is 4.06. The normalized spacial score (nSPS) is 17.5. The van der Waals surface area contributed by atoms with Crippen molar-refractivity contribution in [3.8, 4) is 0 Å². The molecule has 1 heterocycles. The average Bonchev–Trinajstić information content (AvgIpc) is 3.44. The Kier molecular flexibility index (Phi) is 8.32. The molecule has 0 spiro atoms. The summed E-state index contributed by atoms with van der Waals surface area (Å²) in [6.07, 6.45) is 4.75. The number of sulfonamides is 1. The summed E-state index contributed by atoms with van der Waals surface area (Å²) >= 11 is 0. The van der Waals surface area contributed by atoms with Crippen molar-refractivity contribution in [1.82, 2.24) is 14.5 Å². The molecule has 1 aliphatic heterocycles. The van der Waals surface area contributed by atoms with E-state index in [1.54, 1.807) is 17.0 Å². The van der Waals surface area contributed by atoms with Crippen molar-refractivity contribution >= 4 is 27.7 Å². The molecule has 1 saturated carbocycles. The van der Waals surface area contributed by atoms with Crippen LogP contribution >= 0.6 is 0 Å². The molecule has 0 saturated heterocycles. The largest absolute Gasteiger partial charge is 0.352 e. The van der Waals surface area contributed by atoms with E-state index in [4.69, 9.17) is 0 Å². The fraction of sp³-hybridized carbons (Fsp3) is 0.464. The van der Waals surface area contributed by atoms with Crippen LogP contribution in [0.15, 0.2) is 53.4 Å². The lowest BCUT2D eigenvalue weighted by molar-refractivity contribution is -0.141. The van der Waals surface area contributed by atoms with Crippen LogP contribution in [0, 0.1) is 6.92 Å². The molecule has 4 rings (SSSR count). The Balaban J connectivity index is 1.47.